The van der Waals surface area contributed by atoms with E-state index in [0.717, 1.165) is 11.1 Å². The molecule has 0 saturated heterocycles. The van der Waals surface area contributed by atoms with E-state index in [1.165, 1.54) is 0 Å². The number of carbonyl (C=O) groups is 2. The molecule has 0 unspecified atom stereocenters. The highest BCUT2D eigenvalue weighted by Gasteiger charge is 2.29. The lowest BCUT2D eigenvalue weighted by Gasteiger charge is -2.26. The molecule has 4 nitrogen and oxygen atoms in total. The minimum absolute atomic E-state index is 0. The zero-order chi connectivity index (χ0) is 22.1. The van der Waals surface area contributed by atoms with E-state index in [1.807, 2.05) is 59.8 Å². The number of nitrogens with one attached hydrogen (secondary N) is 1. The van der Waals surface area contributed by atoms with Crippen molar-refractivity contribution in [1.82, 2.24) is 5.43 Å². The molecule has 2 rings (SSSR count). The van der Waals surface area contributed by atoms with Crippen LogP contribution in [0.3, 0.4) is 0 Å². The summed E-state index contributed by atoms with van der Waals surface area (Å²) in [6.45, 7) is 11.7. The predicted octanol–water partition coefficient (Wildman–Crippen LogP) is 6.01. The molecular weight excluding hydrogens is 454 g/mol. The molecule has 0 aromatic heterocycles. The molecule has 8 heteroatoms. The Labute approximate surface area is 195 Å². The van der Waals surface area contributed by atoms with Crippen LogP contribution in [0.15, 0.2) is 53.6 Å². The van der Waals surface area contributed by atoms with Crippen LogP contribution < -0.4 is 11.3 Å². The maximum Gasteiger partial charge on any atom is 0.252 e. The van der Waals surface area contributed by atoms with E-state index >= 15 is 0 Å². The number of hydrogen-bond acceptors (Lipinski definition) is 4. The highest BCUT2D eigenvalue weighted by molar-refractivity contribution is 6.67. The maximum atomic E-state index is 11.1. The molecule has 0 spiro atoms. The van der Waals surface area contributed by atoms with Gasteiger partial charge in [-0.1, -0.05) is 53.6 Å². The van der Waals surface area contributed by atoms with Gasteiger partial charge in [-0.3, -0.25) is 20.9 Å². The molecule has 0 fully saturated rings. The Hall–Kier alpha value is -0.880. The summed E-state index contributed by atoms with van der Waals surface area (Å²) in [4.78, 5) is 21.0. The monoisotopic (exact) mass is 482 g/mol. The average molecular weight is 484 g/mol. The summed E-state index contributed by atoms with van der Waals surface area (Å²) >= 11 is 16.8. The van der Waals surface area contributed by atoms with Crippen LogP contribution in [0.1, 0.15) is 51.9 Å². The van der Waals surface area contributed by atoms with Gasteiger partial charge in [0.15, 0.2) is 0 Å². The minimum atomic E-state index is -0.475. The van der Waals surface area contributed by atoms with E-state index in [1.54, 1.807) is 24.3 Å². The van der Waals surface area contributed by atoms with E-state index in [-0.39, 0.29) is 29.1 Å². The van der Waals surface area contributed by atoms with Crippen molar-refractivity contribution in [3.8, 4) is 0 Å². The predicted molar refractivity (Wildman–Crippen MR) is 127 cm³/mol. The van der Waals surface area contributed by atoms with Crippen molar-refractivity contribution < 1.29 is 9.59 Å². The number of rotatable bonds is 2. The van der Waals surface area contributed by atoms with Gasteiger partial charge in [0.05, 0.1) is 10.8 Å². The van der Waals surface area contributed by atoms with Crippen molar-refractivity contribution in [2.75, 3.05) is 0 Å². The Morgan fingerprint density at radius 1 is 1.03 bits per heavy atom. The zero-order valence-electron chi connectivity index (χ0n) is 17.6. The lowest BCUT2D eigenvalue weighted by atomic mass is 9.84. The van der Waals surface area contributed by atoms with Gasteiger partial charge in [-0.15, -0.1) is 24.0 Å². The standard InChI is InChI=1S/C10H12Cl2O.C7H5ClO.C4H12N2.ClH/c1-6-4-10(3,12)5-7(2)8(6)9(11)13;8-7(9)6-4-2-1-3-5-6;1-4(2,3)6-5;/h4-5,8H,1-3H3;1-5H;6H,5H2,1-3H3;1H. The lowest BCUT2D eigenvalue weighted by Crippen LogP contribution is -2.41. The lowest BCUT2D eigenvalue weighted by molar-refractivity contribution is -0.113. The summed E-state index contributed by atoms with van der Waals surface area (Å²) < 4.78 is 0. The number of allylic oxidation sites excluding steroid dienone is 4. The first kappa shape index (κ1) is 30.3. The second-order valence-electron chi connectivity index (χ2n) is 7.70. The Balaban J connectivity index is 0. The molecule has 1 aromatic carbocycles. The molecule has 3 N–H and O–H groups in total. The number of nitrogens with two attached hydrogens (primary N) is 1. The van der Waals surface area contributed by atoms with Gasteiger partial charge in [0.1, 0.15) is 0 Å². The van der Waals surface area contributed by atoms with E-state index in [0.29, 0.717) is 5.56 Å². The zero-order valence-corrected chi connectivity index (χ0v) is 20.6. The molecule has 0 radical (unpaired) electrons. The molecule has 0 aliphatic heterocycles. The van der Waals surface area contributed by atoms with E-state index in [9.17, 15) is 9.59 Å². The quantitative estimate of drug-likeness (QED) is 0.177. The minimum Gasteiger partial charge on any atom is -0.280 e. The van der Waals surface area contributed by atoms with Crippen LogP contribution in [0.25, 0.3) is 0 Å². The second-order valence-corrected chi connectivity index (χ2v) is 9.23. The molecule has 0 amide bonds. The molecule has 1 aliphatic rings. The molecule has 0 saturated carbocycles. The molecular formula is C21H30Cl4N2O2. The first-order valence-corrected chi connectivity index (χ1v) is 9.83. The smallest absolute Gasteiger partial charge is 0.252 e. The Bertz CT molecular complexity index is 702. The summed E-state index contributed by atoms with van der Waals surface area (Å²) in [5, 5.41) is -0.745. The second kappa shape index (κ2) is 13.4. The summed E-state index contributed by atoms with van der Waals surface area (Å²) in [5.74, 6) is 4.77. The van der Waals surface area contributed by atoms with Gasteiger partial charge in [0, 0.05) is 11.1 Å². The van der Waals surface area contributed by atoms with E-state index < -0.39 is 10.1 Å². The first-order chi connectivity index (χ1) is 12.7. The number of hydrazine groups is 1. The van der Waals surface area contributed by atoms with Crippen molar-refractivity contribution in [2.24, 2.45) is 11.8 Å². The van der Waals surface area contributed by atoms with Gasteiger partial charge in [-0.2, -0.15) is 0 Å². The number of hydrogen-bond donors (Lipinski definition) is 2. The van der Waals surface area contributed by atoms with Crippen LogP contribution in [0.4, 0.5) is 0 Å². The highest BCUT2D eigenvalue weighted by Crippen LogP contribution is 2.34. The first-order valence-electron chi connectivity index (χ1n) is 8.70. The van der Waals surface area contributed by atoms with Crippen LogP contribution >= 0.6 is 47.2 Å². The van der Waals surface area contributed by atoms with Gasteiger partial charge in [0.2, 0.25) is 5.24 Å². The van der Waals surface area contributed by atoms with Gasteiger partial charge in [0.25, 0.3) is 5.24 Å². The number of carbonyl (C=O) groups excluding carboxylic acids is 2. The fourth-order valence-corrected chi connectivity index (χ4v) is 3.20. The molecule has 29 heavy (non-hydrogen) atoms. The fourth-order valence-electron chi connectivity index (χ4n) is 2.38. The third-order valence-corrected chi connectivity index (χ3v) is 4.25. The van der Waals surface area contributed by atoms with Gasteiger partial charge < -0.3 is 0 Å². The Morgan fingerprint density at radius 2 is 1.41 bits per heavy atom. The summed E-state index contributed by atoms with van der Waals surface area (Å²) in [6, 6.07) is 8.74. The van der Waals surface area contributed by atoms with Crippen molar-refractivity contribution in [2.45, 2.75) is 52.0 Å². The molecule has 1 aromatic rings. The summed E-state index contributed by atoms with van der Waals surface area (Å²) in [5.41, 5.74) is 5.07. The van der Waals surface area contributed by atoms with Crippen LogP contribution in [0, 0.1) is 5.92 Å². The van der Waals surface area contributed by atoms with Crippen LogP contribution in [-0.4, -0.2) is 20.9 Å². The van der Waals surface area contributed by atoms with Crippen molar-refractivity contribution in [1.29, 1.82) is 0 Å². The normalized spacial score (nSPS) is 20.4. The van der Waals surface area contributed by atoms with Crippen molar-refractivity contribution in [3.63, 3.8) is 0 Å². The van der Waals surface area contributed by atoms with Gasteiger partial charge >= 0.3 is 0 Å². The van der Waals surface area contributed by atoms with Crippen LogP contribution in [0.5, 0.6) is 0 Å². The molecule has 0 bridgehead atoms. The summed E-state index contributed by atoms with van der Waals surface area (Å²) in [7, 11) is 0. The Kier molecular flexibility index (Phi) is 14.0. The fraction of sp³-hybridized carbons (Fsp3) is 0.429. The van der Waals surface area contributed by atoms with Gasteiger partial charge in [-0.05, 0) is 64.7 Å². The average Bonchev–Trinajstić information content (AvgIpc) is 2.54. The SMILES string of the molecule is CC(C)(C)NN.CC1=CC(C)(Cl)C=C(C)C1C(=O)Cl.Cl.O=C(Cl)c1ccccc1. The molecule has 0 heterocycles. The van der Waals surface area contributed by atoms with Gasteiger partial charge in [-0.25, -0.2) is 0 Å². The molecule has 164 valence electrons. The molecule has 0 atom stereocenters. The van der Waals surface area contributed by atoms with E-state index in [2.05, 4.69) is 5.43 Å². The molecule has 1 aliphatic carbocycles. The largest absolute Gasteiger partial charge is 0.280 e. The van der Waals surface area contributed by atoms with Crippen LogP contribution in [0.2, 0.25) is 0 Å². The Morgan fingerprint density at radius 3 is 1.66 bits per heavy atom. The number of benzene rings is 1. The topological polar surface area (TPSA) is 72.2 Å². The maximum absolute atomic E-state index is 11.1. The van der Waals surface area contributed by atoms with Crippen molar-refractivity contribution >= 4 is 57.7 Å². The van der Waals surface area contributed by atoms with Crippen LogP contribution in [-0.2, 0) is 4.79 Å². The third kappa shape index (κ3) is 13.1. The third-order valence-electron chi connectivity index (χ3n) is 3.59. The van der Waals surface area contributed by atoms with E-state index in [4.69, 9.17) is 40.6 Å². The highest BCUT2D eigenvalue weighted by atomic mass is 35.5. The number of halogens is 4. The number of alkyl halides is 1. The van der Waals surface area contributed by atoms with Crippen molar-refractivity contribution in [3.05, 3.63) is 59.2 Å². The summed E-state index contributed by atoms with van der Waals surface area (Å²) in [6.07, 6.45) is 3.74.